The van der Waals surface area contributed by atoms with Gasteiger partial charge in [0.15, 0.2) is 20.0 Å². The molecule has 5 nitrogen and oxygen atoms in total. The summed E-state index contributed by atoms with van der Waals surface area (Å²) in [5.74, 6) is -1.09. The van der Waals surface area contributed by atoms with Crippen molar-refractivity contribution in [2.45, 2.75) is 26.2 Å². The van der Waals surface area contributed by atoms with E-state index < -0.39 is 19.8 Å². The molecule has 3 N–H and O–H groups in total. The minimum absolute atomic E-state index is 0.128. The van der Waals surface area contributed by atoms with E-state index in [9.17, 15) is 9.18 Å². The summed E-state index contributed by atoms with van der Waals surface area (Å²) in [6.45, 7) is 8.86. The molecule has 0 saturated heterocycles. The third-order valence-electron chi connectivity index (χ3n) is 1.37. The van der Waals surface area contributed by atoms with Crippen molar-refractivity contribution >= 4 is 23.9 Å². The Hall–Kier alpha value is -0.996. The summed E-state index contributed by atoms with van der Waals surface area (Å²) in [5.41, 5.74) is 4.27. The van der Waals surface area contributed by atoms with Gasteiger partial charge >= 0.3 is 5.69 Å². The van der Waals surface area contributed by atoms with Gasteiger partial charge in [-0.3, -0.25) is 0 Å². The van der Waals surface area contributed by atoms with Crippen molar-refractivity contribution in [3.05, 3.63) is 22.5 Å². The van der Waals surface area contributed by atoms with Crippen LogP contribution in [-0.4, -0.2) is 28.0 Å². The largest absolute Gasteiger partial charge is 0.461 e. The number of halogens is 1. The third-order valence-corrected chi connectivity index (χ3v) is 5.99. The minimum atomic E-state index is -1.10. The quantitative estimate of drug-likeness (QED) is 0.760. The van der Waals surface area contributed by atoms with E-state index in [1.54, 1.807) is 0 Å². The molecular formula is C8H18FN3O2Si2. The van der Waals surface area contributed by atoms with Crippen molar-refractivity contribution in [1.29, 1.82) is 0 Å². The average molecular weight is 263 g/mol. The van der Waals surface area contributed by atoms with Crippen LogP contribution in [0.2, 0.25) is 26.2 Å². The highest BCUT2D eigenvalue weighted by Crippen LogP contribution is 1.99. The van der Waals surface area contributed by atoms with Crippen LogP contribution in [0.4, 0.5) is 10.2 Å². The van der Waals surface area contributed by atoms with Crippen LogP contribution < -0.4 is 11.4 Å². The molecule has 1 aromatic rings. The van der Waals surface area contributed by atoms with Gasteiger partial charge in [0.05, 0.1) is 0 Å². The van der Waals surface area contributed by atoms with Crippen molar-refractivity contribution < 1.29 is 8.51 Å². The van der Waals surface area contributed by atoms with E-state index in [2.05, 4.69) is 31.2 Å². The van der Waals surface area contributed by atoms with Crippen molar-refractivity contribution in [2.75, 3.05) is 5.73 Å². The van der Waals surface area contributed by atoms with E-state index in [0.717, 1.165) is 6.20 Å². The second-order valence-electron chi connectivity index (χ2n) is 3.98. The molecule has 0 aromatic carbocycles. The van der Waals surface area contributed by atoms with Gasteiger partial charge in [0.25, 0.3) is 0 Å². The Morgan fingerprint density at radius 2 is 2.12 bits per heavy atom. The number of nitrogens with one attached hydrogen (secondary N) is 1. The summed E-state index contributed by atoms with van der Waals surface area (Å²) >= 11 is 0. The van der Waals surface area contributed by atoms with Crippen molar-refractivity contribution in [1.82, 2.24) is 9.97 Å². The highest BCUT2D eigenvalue weighted by atomic mass is 28.4. The predicted molar refractivity (Wildman–Crippen MR) is 68.1 cm³/mol. The zero-order valence-corrected chi connectivity index (χ0v) is 12.4. The SMILES string of the molecule is C[SiH2]O[Si](C)(C)C.Nc1nc(=O)[nH]cc1F. The summed E-state index contributed by atoms with van der Waals surface area (Å²) in [6, 6.07) is 0. The normalized spacial score (nSPS) is 11.3. The Kier molecular flexibility index (Phi) is 6.15. The lowest BCUT2D eigenvalue weighted by molar-refractivity contribution is 0.603. The molecule has 1 aromatic heterocycles. The first-order valence-electron chi connectivity index (χ1n) is 4.91. The van der Waals surface area contributed by atoms with Gasteiger partial charge in [0, 0.05) is 6.20 Å². The number of anilines is 1. The number of nitrogens with two attached hydrogens (primary N) is 1. The molecule has 0 fully saturated rings. The first-order chi connectivity index (χ1) is 7.26. The van der Waals surface area contributed by atoms with Crippen LogP contribution >= 0.6 is 0 Å². The number of H-pyrrole nitrogens is 1. The lowest BCUT2D eigenvalue weighted by atomic mass is 10.6. The van der Waals surface area contributed by atoms with Crippen LogP contribution in [0.3, 0.4) is 0 Å². The second-order valence-corrected chi connectivity index (χ2v) is 9.94. The van der Waals surface area contributed by atoms with E-state index in [-0.39, 0.29) is 15.6 Å². The van der Waals surface area contributed by atoms with Gasteiger partial charge in [-0.15, -0.1) is 0 Å². The molecule has 0 bridgehead atoms. The molecule has 0 spiro atoms. The van der Waals surface area contributed by atoms with Crippen LogP contribution in [0.25, 0.3) is 0 Å². The minimum Gasteiger partial charge on any atom is -0.461 e. The van der Waals surface area contributed by atoms with Crippen LogP contribution in [0.15, 0.2) is 11.0 Å². The van der Waals surface area contributed by atoms with Gasteiger partial charge in [-0.25, -0.2) is 9.18 Å². The fourth-order valence-corrected chi connectivity index (χ4v) is 4.29. The third kappa shape index (κ3) is 7.32. The summed E-state index contributed by atoms with van der Waals surface area (Å²) in [7, 11) is -1.22. The van der Waals surface area contributed by atoms with E-state index in [1.165, 1.54) is 0 Å². The fraction of sp³-hybridized carbons (Fsp3) is 0.500. The molecule has 1 rings (SSSR count). The summed E-state index contributed by atoms with van der Waals surface area (Å²) in [6.07, 6.45) is 0.866. The van der Waals surface area contributed by atoms with Crippen molar-refractivity contribution in [2.24, 2.45) is 0 Å². The Bertz CT molecular complexity index is 378. The van der Waals surface area contributed by atoms with Gasteiger partial charge < -0.3 is 14.8 Å². The van der Waals surface area contributed by atoms with Crippen LogP contribution in [0.1, 0.15) is 0 Å². The number of nitrogens with zero attached hydrogens (tertiary/aromatic N) is 1. The Morgan fingerprint density at radius 3 is 2.38 bits per heavy atom. The molecule has 0 amide bonds. The molecule has 0 aliphatic carbocycles. The van der Waals surface area contributed by atoms with Gasteiger partial charge in [-0.2, -0.15) is 4.98 Å². The van der Waals surface area contributed by atoms with Gasteiger partial charge in [-0.1, -0.05) is 6.55 Å². The standard InChI is InChI=1S/C4H4FN3O.C4H14OSi2/c5-2-1-7-4(9)8-3(2)6;1-6-5-7(2,3)4/h1H,(H3,6,7,8,9);6H2,1-4H3. The number of aromatic nitrogens is 2. The highest BCUT2D eigenvalue weighted by Gasteiger charge is 2.10. The number of rotatable bonds is 2. The first kappa shape index (κ1) is 15.0. The summed E-state index contributed by atoms with van der Waals surface area (Å²) in [4.78, 5) is 15.3. The first-order valence-corrected chi connectivity index (χ1v) is 10.3. The smallest absolute Gasteiger partial charge is 0.347 e. The molecule has 8 heteroatoms. The number of aromatic amines is 1. The Balaban J connectivity index is 0.000000293. The molecule has 92 valence electrons. The summed E-state index contributed by atoms with van der Waals surface area (Å²) < 4.78 is 17.6. The monoisotopic (exact) mass is 263 g/mol. The highest BCUT2D eigenvalue weighted by molar-refractivity contribution is 6.73. The number of hydrogen-bond donors (Lipinski definition) is 2. The molecule has 1 heterocycles. The molecule has 0 saturated carbocycles. The fourth-order valence-electron chi connectivity index (χ4n) is 0.827. The lowest BCUT2D eigenvalue weighted by Crippen LogP contribution is -2.26. The Labute approximate surface area is 97.3 Å². The zero-order valence-electron chi connectivity index (χ0n) is 10.0. The number of nitrogen functional groups attached to an aromatic ring is 1. The van der Waals surface area contributed by atoms with Crippen molar-refractivity contribution in [3.8, 4) is 0 Å². The summed E-state index contributed by atoms with van der Waals surface area (Å²) in [5, 5.41) is 0. The predicted octanol–water partition coefficient (Wildman–Crippen LogP) is 0.461. The maximum absolute atomic E-state index is 12.1. The maximum atomic E-state index is 12.1. The van der Waals surface area contributed by atoms with E-state index in [4.69, 9.17) is 9.85 Å². The van der Waals surface area contributed by atoms with Crippen LogP contribution in [0, 0.1) is 5.82 Å². The van der Waals surface area contributed by atoms with E-state index >= 15 is 0 Å². The van der Waals surface area contributed by atoms with Crippen LogP contribution in [0.5, 0.6) is 0 Å². The van der Waals surface area contributed by atoms with E-state index in [1.807, 2.05) is 4.98 Å². The molecule has 0 atom stereocenters. The van der Waals surface area contributed by atoms with E-state index in [0.29, 0.717) is 0 Å². The lowest BCUT2D eigenvalue weighted by Gasteiger charge is -2.14. The Morgan fingerprint density at radius 1 is 1.56 bits per heavy atom. The topological polar surface area (TPSA) is 81.0 Å². The molecule has 0 aliphatic rings. The maximum Gasteiger partial charge on any atom is 0.347 e. The molecule has 0 aliphatic heterocycles. The van der Waals surface area contributed by atoms with Gasteiger partial charge in [-0.05, 0) is 19.6 Å². The average Bonchev–Trinajstić information content (AvgIpc) is 2.11. The number of hydrogen-bond acceptors (Lipinski definition) is 4. The van der Waals surface area contributed by atoms with Gasteiger partial charge in [0.2, 0.25) is 0 Å². The zero-order chi connectivity index (χ0) is 12.8. The van der Waals surface area contributed by atoms with Crippen LogP contribution in [-0.2, 0) is 4.12 Å². The van der Waals surface area contributed by atoms with Crippen molar-refractivity contribution in [3.63, 3.8) is 0 Å². The molecule has 0 radical (unpaired) electrons. The molecular weight excluding hydrogens is 245 g/mol. The molecule has 0 unspecified atom stereocenters. The second kappa shape index (κ2) is 6.56. The van der Waals surface area contributed by atoms with Gasteiger partial charge in [0.1, 0.15) is 9.76 Å². The molecule has 16 heavy (non-hydrogen) atoms.